The highest BCUT2D eigenvalue weighted by atomic mass is 32.1. The summed E-state index contributed by atoms with van der Waals surface area (Å²) < 4.78 is 5.06. The molecule has 4 heteroatoms. The van der Waals surface area contributed by atoms with Crippen LogP contribution in [0.2, 0.25) is 0 Å². The molecular weight excluding hydrogens is 579 g/mol. The Labute approximate surface area is 270 Å². The normalized spacial score (nSPS) is 11.5. The van der Waals surface area contributed by atoms with Crippen molar-refractivity contribution in [2.24, 2.45) is 0 Å². The molecule has 9 rings (SSSR count). The molecule has 0 saturated carbocycles. The predicted molar refractivity (Wildman–Crippen MR) is 193 cm³/mol. The van der Waals surface area contributed by atoms with Crippen molar-refractivity contribution in [1.29, 1.82) is 0 Å². The standard InChI is InChI=1S/C42H27N3S/c1-4-14-28(15-5-1)36-27-37(29-16-6-2-7-17-29)44-42(43-36)31-19-12-18-30(26-31)33-23-13-24-35-39(33)45(32-20-8-3-9-21-32)40-34-22-10-11-25-38(34)46-41(35)40/h1-27H. The summed E-state index contributed by atoms with van der Waals surface area (Å²) in [7, 11) is 0. The van der Waals surface area contributed by atoms with Crippen LogP contribution >= 0.6 is 11.3 Å². The first-order valence-electron chi connectivity index (χ1n) is 15.4. The van der Waals surface area contributed by atoms with E-state index >= 15 is 0 Å². The number of para-hydroxylation sites is 2. The predicted octanol–water partition coefficient (Wildman–Crippen LogP) is 11.5. The van der Waals surface area contributed by atoms with Crippen LogP contribution in [-0.4, -0.2) is 14.5 Å². The highest BCUT2D eigenvalue weighted by Gasteiger charge is 2.21. The van der Waals surface area contributed by atoms with Gasteiger partial charge in [0.15, 0.2) is 5.82 Å². The minimum absolute atomic E-state index is 0.708. The van der Waals surface area contributed by atoms with Crippen molar-refractivity contribution in [3.05, 3.63) is 164 Å². The van der Waals surface area contributed by atoms with Crippen molar-refractivity contribution >= 4 is 42.5 Å². The number of rotatable bonds is 5. The first-order valence-corrected chi connectivity index (χ1v) is 16.2. The molecule has 0 radical (unpaired) electrons. The Balaban J connectivity index is 1.28. The van der Waals surface area contributed by atoms with E-state index < -0.39 is 0 Å². The van der Waals surface area contributed by atoms with Crippen LogP contribution in [0.1, 0.15) is 0 Å². The molecule has 0 bridgehead atoms. The van der Waals surface area contributed by atoms with Crippen LogP contribution in [0.15, 0.2) is 164 Å². The minimum atomic E-state index is 0.708. The van der Waals surface area contributed by atoms with E-state index in [4.69, 9.17) is 9.97 Å². The van der Waals surface area contributed by atoms with Gasteiger partial charge in [-0.2, -0.15) is 0 Å². The molecule has 0 fully saturated rings. The lowest BCUT2D eigenvalue weighted by Crippen LogP contribution is -1.97. The third-order valence-corrected chi connectivity index (χ3v) is 9.80. The van der Waals surface area contributed by atoms with Gasteiger partial charge >= 0.3 is 0 Å². The van der Waals surface area contributed by atoms with Gasteiger partial charge in [-0.15, -0.1) is 11.3 Å². The van der Waals surface area contributed by atoms with Gasteiger partial charge in [0, 0.05) is 43.4 Å². The lowest BCUT2D eigenvalue weighted by Gasteiger charge is -2.13. The fourth-order valence-electron chi connectivity index (χ4n) is 6.50. The van der Waals surface area contributed by atoms with Crippen molar-refractivity contribution in [3.63, 3.8) is 0 Å². The second kappa shape index (κ2) is 11.0. The summed E-state index contributed by atoms with van der Waals surface area (Å²) in [6, 6.07) is 57.6. The number of fused-ring (bicyclic) bond motifs is 5. The largest absolute Gasteiger partial charge is 0.307 e. The Bertz CT molecular complexity index is 2460. The van der Waals surface area contributed by atoms with Gasteiger partial charge in [0.25, 0.3) is 0 Å². The Morgan fingerprint density at radius 3 is 1.72 bits per heavy atom. The van der Waals surface area contributed by atoms with Gasteiger partial charge in [-0.1, -0.05) is 133 Å². The smallest absolute Gasteiger partial charge is 0.160 e. The number of hydrogen-bond acceptors (Lipinski definition) is 3. The lowest BCUT2D eigenvalue weighted by molar-refractivity contribution is 1.18. The first-order chi connectivity index (χ1) is 22.8. The molecule has 0 aliphatic rings. The van der Waals surface area contributed by atoms with Crippen LogP contribution in [0.5, 0.6) is 0 Å². The third-order valence-electron chi connectivity index (χ3n) is 8.61. The van der Waals surface area contributed by atoms with E-state index in [9.17, 15) is 0 Å². The molecular formula is C42H27N3S. The van der Waals surface area contributed by atoms with E-state index in [-0.39, 0.29) is 0 Å². The molecule has 216 valence electrons. The summed E-state index contributed by atoms with van der Waals surface area (Å²) in [6.45, 7) is 0. The van der Waals surface area contributed by atoms with Gasteiger partial charge in [-0.3, -0.25) is 0 Å². The fraction of sp³-hybridized carbons (Fsp3) is 0. The molecule has 0 aliphatic carbocycles. The molecule has 0 unspecified atom stereocenters. The monoisotopic (exact) mass is 605 g/mol. The van der Waals surface area contributed by atoms with Crippen molar-refractivity contribution < 1.29 is 0 Å². The Hall–Kier alpha value is -5.84. The Morgan fingerprint density at radius 2 is 1.00 bits per heavy atom. The zero-order chi connectivity index (χ0) is 30.5. The van der Waals surface area contributed by atoms with E-state index in [0.29, 0.717) is 5.82 Å². The molecule has 3 heterocycles. The van der Waals surface area contributed by atoms with Gasteiger partial charge in [0.2, 0.25) is 0 Å². The molecule has 0 saturated heterocycles. The maximum Gasteiger partial charge on any atom is 0.160 e. The average Bonchev–Trinajstić information content (AvgIpc) is 3.67. The number of aromatic nitrogens is 3. The van der Waals surface area contributed by atoms with Crippen molar-refractivity contribution in [2.45, 2.75) is 0 Å². The van der Waals surface area contributed by atoms with E-state index in [1.54, 1.807) is 0 Å². The lowest BCUT2D eigenvalue weighted by atomic mass is 10.00. The molecule has 3 nitrogen and oxygen atoms in total. The molecule has 0 atom stereocenters. The Morgan fingerprint density at radius 1 is 0.435 bits per heavy atom. The van der Waals surface area contributed by atoms with Gasteiger partial charge in [0.1, 0.15) is 0 Å². The molecule has 0 amide bonds. The van der Waals surface area contributed by atoms with E-state index in [0.717, 1.165) is 39.3 Å². The third kappa shape index (κ3) is 4.42. The second-order valence-electron chi connectivity index (χ2n) is 11.4. The number of thiophene rings is 1. The summed E-state index contributed by atoms with van der Waals surface area (Å²) in [5.74, 6) is 0.708. The minimum Gasteiger partial charge on any atom is -0.307 e. The van der Waals surface area contributed by atoms with Crippen LogP contribution < -0.4 is 0 Å². The van der Waals surface area contributed by atoms with Gasteiger partial charge < -0.3 is 4.57 Å². The highest BCUT2D eigenvalue weighted by molar-refractivity contribution is 7.26. The molecule has 46 heavy (non-hydrogen) atoms. The quantitative estimate of drug-likeness (QED) is 0.195. The van der Waals surface area contributed by atoms with Crippen LogP contribution in [0.3, 0.4) is 0 Å². The number of hydrogen-bond donors (Lipinski definition) is 0. The van der Waals surface area contributed by atoms with Gasteiger partial charge in [-0.05, 0) is 35.9 Å². The highest BCUT2D eigenvalue weighted by Crippen LogP contribution is 2.45. The molecule has 0 spiro atoms. The summed E-state index contributed by atoms with van der Waals surface area (Å²) in [5.41, 5.74) is 10.9. The topological polar surface area (TPSA) is 30.7 Å². The molecule has 9 aromatic rings. The van der Waals surface area contributed by atoms with Crippen molar-refractivity contribution in [3.8, 4) is 50.7 Å². The summed E-state index contributed by atoms with van der Waals surface area (Å²) >= 11 is 1.87. The summed E-state index contributed by atoms with van der Waals surface area (Å²) in [4.78, 5) is 10.2. The summed E-state index contributed by atoms with van der Waals surface area (Å²) in [5, 5.41) is 2.54. The van der Waals surface area contributed by atoms with Crippen molar-refractivity contribution in [2.75, 3.05) is 0 Å². The number of benzene rings is 6. The Kier molecular flexibility index (Phi) is 6.32. The zero-order valence-corrected chi connectivity index (χ0v) is 25.7. The zero-order valence-electron chi connectivity index (χ0n) is 24.8. The maximum absolute atomic E-state index is 5.11. The van der Waals surface area contributed by atoms with E-state index in [2.05, 4.69) is 156 Å². The molecule has 0 N–H and O–H groups in total. The van der Waals surface area contributed by atoms with Crippen LogP contribution in [-0.2, 0) is 0 Å². The average molecular weight is 606 g/mol. The van der Waals surface area contributed by atoms with E-state index in [1.807, 2.05) is 23.5 Å². The molecule has 6 aromatic carbocycles. The maximum atomic E-state index is 5.11. The van der Waals surface area contributed by atoms with Crippen LogP contribution in [0.4, 0.5) is 0 Å². The first kappa shape index (κ1) is 26.6. The SMILES string of the molecule is c1ccc(-c2cc(-c3ccccc3)nc(-c3cccc(-c4cccc5c6sc7ccccc7c6n(-c6ccccc6)c45)c3)n2)cc1. The molecule has 0 aliphatic heterocycles. The van der Waals surface area contributed by atoms with Gasteiger partial charge in [-0.25, -0.2) is 9.97 Å². The summed E-state index contributed by atoms with van der Waals surface area (Å²) in [6.07, 6.45) is 0. The van der Waals surface area contributed by atoms with E-state index in [1.165, 1.54) is 36.8 Å². The molecule has 3 aromatic heterocycles. The number of nitrogens with zero attached hydrogens (tertiary/aromatic N) is 3. The van der Waals surface area contributed by atoms with Crippen LogP contribution in [0.25, 0.3) is 81.9 Å². The second-order valence-corrected chi connectivity index (χ2v) is 12.5. The van der Waals surface area contributed by atoms with Crippen LogP contribution in [0, 0.1) is 0 Å². The fourth-order valence-corrected chi connectivity index (χ4v) is 7.71. The van der Waals surface area contributed by atoms with Gasteiger partial charge in [0.05, 0.1) is 27.1 Å². The van der Waals surface area contributed by atoms with Crippen molar-refractivity contribution in [1.82, 2.24) is 14.5 Å².